The summed E-state index contributed by atoms with van der Waals surface area (Å²) in [4.78, 5) is 4.63. The Morgan fingerprint density at radius 3 is 2.79 bits per heavy atom. The van der Waals surface area contributed by atoms with Gasteiger partial charge in [0, 0.05) is 29.2 Å². The summed E-state index contributed by atoms with van der Waals surface area (Å²) in [7, 11) is 0. The van der Waals surface area contributed by atoms with E-state index < -0.39 is 0 Å². The smallest absolute Gasteiger partial charge is 0.191 e. The van der Waals surface area contributed by atoms with Gasteiger partial charge in [-0.3, -0.25) is 4.57 Å². The molecule has 4 aromatic rings. The van der Waals surface area contributed by atoms with Crippen molar-refractivity contribution in [2.24, 2.45) is 0 Å². The summed E-state index contributed by atoms with van der Waals surface area (Å²) in [6.07, 6.45) is 5.86. The number of rotatable bonds is 8. The number of halogens is 1. The molecule has 8 heteroatoms. The summed E-state index contributed by atoms with van der Waals surface area (Å²) in [5.41, 5.74) is 1.94. The molecule has 0 fully saturated rings. The predicted molar refractivity (Wildman–Crippen MR) is 113 cm³/mol. The number of pyridine rings is 1. The van der Waals surface area contributed by atoms with Gasteiger partial charge in [0.1, 0.15) is 18.0 Å². The van der Waals surface area contributed by atoms with Crippen molar-refractivity contribution in [1.82, 2.24) is 24.1 Å². The lowest BCUT2D eigenvalue weighted by Crippen LogP contribution is -2.07. The zero-order valence-electron chi connectivity index (χ0n) is 15.0. The van der Waals surface area contributed by atoms with Gasteiger partial charge < -0.3 is 9.14 Å². The Balaban J connectivity index is 1.46. The van der Waals surface area contributed by atoms with E-state index in [1.165, 1.54) is 0 Å². The van der Waals surface area contributed by atoms with Gasteiger partial charge in [0.25, 0.3) is 0 Å². The van der Waals surface area contributed by atoms with Crippen LogP contribution in [0.15, 0.2) is 77.1 Å². The number of imidazole rings is 1. The van der Waals surface area contributed by atoms with Crippen LogP contribution in [0.2, 0.25) is 0 Å². The SMILES string of the molecule is C=CCn1c(COc2ccc(Br)cc2)nnc1SCc1cn2ccccc2n1. The Morgan fingerprint density at radius 2 is 2.00 bits per heavy atom. The van der Waals surface area contributed by atoms with Crippen molar-refractivity contribution >= 4 is 33.3 Å². The fourth-order valence-corrected chi connectivity index (χ4v) is 3.83. The molecule has 0 unspecified atom stereocenters. The second kappa shape index (κ2) is 8.62. The van der Waals surface area contributed by atoms with Crippen LogP contribution in [0.1, 0.15) is 11.5 Å². The molecule has 0 saturated heterocycles. The van der Waals surface area contributed by atoms with E-state index in [-0.39, 0.29) is 0 Å². The average molecular weight is 456 g/mol. The molecule has 0 N–H and O–H groups in total. The zero-order valence-corrected chi connectivity index (χ0v) is 17.4. The standard InChI is InChI=1S/C20H18BrN5OS/c1-2-10-26-19(13-27-17-8-6-15(21)7-9-17)23-24-20(26)28-14-16-12-25-11-4-3-5-18(25)22-16/h2-9,11-12H,1,10,13-14H2. The third kappa shape index (κ3) is 4.28. The molecule has 4 rings (SSSR count). The van der Waals surface area contributed by atoms with Gasteiger partial charge in [-0.15, -0.1) is 16.8 Å². The normalized spacial score (nSPS) is 11.0. The van der Waals surface area contributed by atoms with E-state index in [1.807, 2.05) is 69.9 Å². The van der Waals surface area contributed by atoms with Crippen molar-refractivity contribution in [2.75, 3.05) is 0 Å². The van der Waals surface area contributed by atoms with Crippen molar-refractivity contribution < 1.29 is 4.74 Å². The molecule has 6 nitrogen and oxygen atoms in total. The van der Waals surface area contributed by atoms with Gasteiger partial charge >= 0.3 is 0 Å². The Labute approximate surface area is 175 Å². The van der Waals surface area contributed by atoms with E-state index in [1.54, 1.807) is 11.8 Å². The number of benzene rings is 1. The fourth-order valence-electron chi connectivity index (χ4n) is 2.72. The number of fused-ring (bicyclic) bond motifs is 1. The lowest BCUT2D eigenvalue weighted by Gasteiger charge is -2.09. The highest BCUT2D eigenvalue weighted by Gasteiger charge is 2.13. The molecule has 0 atom stereocenters. The first kappa shape index (κ1) is 18.8. The topological polar surface area (TPSA) is 57.2 Å². The van der Waals surface area contributed by atoms with Crippen LogP contribution >= 0.6 is 27.7 Å². The summed E-state index contributed by atoms with van der Waals surface area (Å²) in [6.45, 7) is 4.81. The van der Waals surface area contributed by atoms with E-state index in [0.29, 0.717) is 18.9 Å². The summed E-state index contributed by atoms with van der Waals surface area (Å²) in [5, 5.41) is 9.47. The summed E-state index contributed by atoms with van der Waals surface area (Å²) < 4.78 is 10.9. The molecule has 0 radical (unpaired) electrons. The lowest BCUT2D eigenvalue weighted by molar-refractivity contribution is 0.289. The second-order valence-electron chi connectivity index (χ2n) is 6.03. The summed E-state index contributed by atoms with van der Waals surface area (Å²) in [5.74, 6) is 2.26. The Bertz CT molecular complexity index is 1060. The number of aromatic nitrogens is 5. The number of hydrogen-bond donors (Lipinski definition) is 0. The number of ether oxygens (including phenoxy) is 1. The lowest BCUT2D eigenvalue weighted by atomic mass is 10.3. The molecule has 28 heavy (non-hydrogen) atoms. The van der Waals surface area contributed by atoms with Crippen molar-refractivity contribution in [3.05, 3.63) is 83.5 Å². The second-order valence-corrected chi connectivity index (χ2v) is 7.89. The van der Waals surface area contributed by atoms with Crippen LogP contribution in [0.3, 0.4) is 0 Å². The average Bonchev–Trinajstić information content (AvgIpc) is 3.30. The third-order valence-corrected chi connectivity index (χ3v) is 5.58. The number of hydrogen-bond acceptors (Lipinski definition) is 5. The van der Waals surface area contributed by atoms with Crippen molar-refractivity contribution in [3.63, 3.8) is 0 Å². The first-order valence-electron chi connectivity index (χ1n) is 8.69. The minimum atomic E-state index is 0.345. The molecule has 1 aromatic carbocycles. The van der Waals surface area contributed by atoms with Crippen LogP contribution in [0.4, 0.5) is 0 Å². The highest BCUT2D eigenvalue weighted by molar-refractivity contribution is 9.10. The van der Waals surface area contributed by atoms with Gasteiger partial charge in [-0.2, -0.15) is 0 Å². The molecule has 0 aliphatic rings. The molecule has 3 heterocycles. The first-order chi connectivity index (χ1) is 13.7. The maximum absolute atomic E-state index is 5.85. The molecule has 0 bridgehead atoms. The maximum Gasteiger partial charge on any atom is 0.191 e. The largest absolute Gasteiger partial charge is 0.486 e. The zero-order chi connectivity index (χ0) is 19.3. The van der Waals surface area contributed by atoms with E-state index in [0.717, 1.165) is 32.5 Å². The minimum absolute atomic E-state index is 0.345. The minimum Gasteiger partial charge on any atom is -0.486 e. The molecule has 0 spiro atoms. The Morgan fingerprint density at radius 1 is 1.14 bits per heavy atom. The van der Waals surface area contributed by atoms with Gasteiger partial charge in [-0.1, -0.05) is 39.8 Å². The van der Waals surface area contributed by atoms with Crippen LogP contribution in [-0.2, 0) is 18.9 Å². The van der Waals surface area contributed by atoms with E-state index in [2.05, 4.69) is 37.7 Å². The van der Waals surface area contributed by atoms with Crippen LogP contribution in [0.5, 0.6) is 5.75 Å². The van der Waals surface area contributed by atoms with Crippen molar-refractivity contribution in [2.45, 2.75) is 24.1 Å². The molecule has 3 aromatic heterocycles. The van der Waals surface area contributed by atoms with Gasteiger partial charge in [0.15, 0.2) is 11.0 Å². The van der Waals surface area contributed by atoms with Crippen LogP contribution in [-0.4, -0.2) is 24.1 Å². The van der Waals surface area contributed by atoms with Crippen molar-refractivity contribution in [1.29, 1.82) is 0 Å². The van der Waals surface area contributed by atoms with Gasteiger partial charge in [-0.25, -0.2) is 4.98 Å². The maximum atomic E-state index is 5.85. The van der Waals surface area contributed by atoms with Crippen molar-refractivity contribution in [3.8, 4) is 5.75 Å². The number of thioether (sulfide) groups is 1. The summed E-state index contributed by atoms with van der Waals surface area (Å²) >= 11 is 5.03. The molecule has 142 valence electrons. The van der Waals surface area contributed by atoms with Crippen LogP contribution in [0.25, 0.3) is 5.65 Å². The third-order valence-electron chi connectivity index (χ3n) is 4.05. The molecular weight excluding hydrogens is 438 g/mol. The number of nitrogens with zero attached hydrogens (tertiary/aromatic N) is 5. The first-order valence-corrected chi connectivity index (χ1v) is 10.5. The van der Waals surface area contributed by atoms with Gasteiger partial charge in [0.05, 0.1) is 5.69 Å². The monoisotopic (exact) mass is 455 g/mol. The highest BCUT2D eigenvalue weighted by atomic mass is 79.9. The quantitative estimate of drug-likeness (QED) is 0.283. The fraction of sp³-hybridized carbons (Fsp3) is 0.150. The van der Waals surface area contributed by atoms with E-state index in [4.69, 9.17) is 4.74 Å². The Kier molecular flexibility index (Phi) is 5.78. The van der Waals surface area contributed by atoms with E-state index in [9.17, 15) is 0 Å². The van der Waals surface area contributed by atoms with Crippen LogP contribution < -0.4 is 4.74 Å². The number of allylic oxidation sites excluding steroid dienone is 1. The van der Waals surface area contributed by atoms with E-state index >= 15 is 0 Å². The molecule has 0 aliphatic heterocycles. The predicted octanol–water partition coefficient (Wildman–Crippen LogP) is 4.75. The Hall–Kier alpha value is -2.58. The van der Waals surface area contributed by atoms with Gasteiger partial charge in [-0.05, 0) is 36.4 Å². The molecular formula is C20H18BrN5OS. The molecule has 0 amide bonds. The van der Waals surface area contributed by atoms with Gasteiger partial charge in [0.2, 0.25) is 0 Å². The van der Waals surface area contributed by atoms with Crippen LogP contribution in [0, 0.1) is 0 Å². The highest BCUT2D eigenvalue weighted by Crippen LogP contribution is 2.23. The molecule has 0 aliphatic carbocycles. The molecule has 0 saturated carbocycles. The summed E-state index contributed by atoms with van der Waals surface area (Å²) in [6, 6.07) is 13.7.